The smallest absolute Gasteiger partial charge is 0.184 e. The van der Waals surface area contributed by atoms with Crippen molar-refractivity contribution < 1.29 is 5.11 Å². The van der Waals surface area contributed by atoms with Crippen LogP contribution in [0.5, 0.6) is 0 Å². The summed E-state index contributed by atoms with van der Waals surface area (Å²) in [6, 6.07) is 10.0. The van der Waals surface area contributed by atoms with Crippen LogP contribution < -0.4 is 5.73 Å². The monoisotopic (exact) mass is 388 g/mol. The fourth-order valence-corrected chi connectivity index (χ4v) is 3.64. The van der Waals surface area contributed by atoms with Crippen LogP contribution in [0, 0.1) is 6.92 Å². The molecule has 1 aromatic carbocycles. The minimum absolute atomic E-state index is 0. The highest BCUT2D eigenvalue weighted by molar-refractivity contribution is 5.85. The van der Waals surface area contributed by atoms with E-state index in [1.54, 1.807) is 6.20 Å². The van der Waals surface area contributed by atoms with Gasteiger partial charge in [-0.3, -0.25) is 5.10 Å². The number of H-pyrrole nitrogens is 1. The second kappa shape index (κ2) is 8.21. The van der Waals surface area contributed by atoms with E-state index in [4.69, 9.17) is 15.8 Å². The van der Waals surface area contributed by atoms with Crippen LogP contribution in [0.25, 0.3) is 11.4 Å². The van der Waals surface area contributed by atoms with E-state index in [2.05, 4.69) is 22.3 Å². The van der Waals surface area contributed by atoms with Gasteiger partial charge in [0, 0.05) is 17.7 Å². The maximum Gasteiger partial charge on any atom is 0.184 e. The predicted molar refractivity (Wildman–Crippen MR) is 106 cm³/mol. The summed E-state index contributed by atoms with van der Waals surface area (Å²) < 4.78 is 1.98. The normalized spacial score (nSPS) is 22.4. The molecule has 0 radical (unpaired) electrons. The number of rotatable bonds is 4. The van der Waals surface area contributed by atoms with Crippen molar-refractivity contribution in [3.63, 3.8) is 0 Å². The lowest BCUT2D eigenvalue weighted by Crippen LogP contribution is -2.40. The summed E-state index contributed by atoms with van der Waals surface area (Å²) in [5.41, 5.74) is 9.15. The highest BCUT2D eigenvalue weighted by Crippen LogP contribution is 2.33. The molecule has 1 saturated carbocycles. The van der Waals surface area contributed by atoms with Crippen molar-refractivity contribution in [3.8, 4) is 11.4 Å². The Bertz CT molecular complexity index is 877. The van der Waals surface area contributed by atoms with E-state index < -0.39 is 6.10 Å². The Hall–Kier alpha value is -2.22. The van der Waals surface area contributed by atoms with Crippen LogP contribution in [-0.2, 0) is 6.54 Å². The highest BCUT2D eigenvalue weighted by atomic mass is 35.5. The fourth-order valence-electron chi connectivity index (χ4n) is 3.64. The molecule has 0 amide bonds. The molecule has 0 bridgehead atoms. The van der Waals surface area contributed by atoms with E-state index in [1.165, 1.54) is 5.56 Å². The maximum atomic E-state index is 9.96. The second-order valence-electron chi connectivity index (χ2n) is 7.09. The van der Waals surface area contributed by atoms with Gasteiger partial charge in [0.05, 0.1) is 24.4 Å². The standard InChI is InChI=1S/C19H24N6O.ClH/c1-12-15(10-21-23-12)18-22-19(14-7-8-17(26)16(20)9-14)25(24-18)11-13-5-3-2-4-6-13;/h2-6,10,14,16-17,26H,7-9,11,20H2,1H3,(H,21,23);1H/t14-,16+,17+;/m0./s1. The first-order valence-corrected chi connectivity index (χ1v) is 9.04. The number of nitrogens with zero attached hydrogens (tertiary/aromatic N) is 4. The van der Waals surface area contributed by atoms with Crippen molar-refractivity contribution in [2.45, 2.75) is 50.8 Å². The van der Waals surface area contributed by atoms with Gasteiger partial charge in [0.2, 0.25) is 0 Å². The number of aryl methyl sites for hydroxylation is 1. The molecule has 1 aliphatic rings. The number of halogens is 1. The molecule has 4 rings (SSSR count). The van der Waals surface area contributed by atoms with Crippen molar-refractivity contribution in [2.24, 2.45) is 5.73 Å². The third-order valence-electron chi connectivity index (χ3n) is 5.17. The van der Waals surface area contributed by atoms with Gasteiger partial charge in [-0.1, -0.05) is 30.3 Å². The first kappa shape index (κ1) is 19.5. The van der Waals surface area contributed by atoms with Gasteiger partial charge in [-0.25, -0.2) is 9.67 Å². The first-order valence-electron chi connectivity index (χ1n) is 9.04. The minimum atomic E-state index is -0.424. The topological polar surface area (TPSA) is 106 Å². The Morgan fingerprint density at radius 3 is 2.70 bits per heavy atom. The molecule has 0 unspecified atom stereocenters. The van der Waals surface area contributed by atoms with Crippen molar-refractivity contribution in [2.75, 3.05) is 0 Å². The first-order chi connectivity index (χ1) is 12.6. The summed E-state index contributed by atoms with van der Waals surface area (Å²) in [5, 5.41) is 21.8. The van der Waals surface area contributed by atoms with Crippen LogP contribution in [0.4, 0.5) is 0 Å². The third kappa shape index (κ3) is 4.05. The number of aromatic nitrogens is 5. The lowest BCUT2D eigenvalue weighted by atomic mass is 9.83. The second-order valence-corrected chi connectivity index (χ2v) is 7.09. The molecule has 3 aromatic rings. The number of aliphatic hydroxyl groups excluding tert-OH is 1. The average molecular weight is 389 g/mol. The SMILES string of the molecule is Cc1[nH]ncc1-c1nc([C@H]2CC[C@@H](O)[C@H](N)C2)n(Cc2ccccc2)n1.Cl. The molecule has 0 aliphatic heterocycles. The average Bonchev–Trinajstić information content (AvgIpc) is 3.24. The molecule has 3 atom stereocenters. The molecule has 27 heavy (non-hydrogen) atoms. The summed E-state index contributed by atoms with van der Waals surface area (Å²) in [7, 11) is 0. The Balaban J connectivity index is 0.00000210. The number of aliphatic hydroxyl groups is 1. The van der Waals surface area contributed by atoms with Gasteiger partial charge in [-0.15, -0.1) is 12.4 Å². The minimum Gasteiger partial charge on any atom is -0.392 e. The molecule has 7 nitrogen and oxygen atoms in total. The third-order valence-corrected chi connectivity index (χ3v) is 5.17. The van der Waals surface area contributed by atoms with Crippen molar-refractivity contribution in [1.29, 1.82) is 0 Å². The quantitative estimate of drug-likeness (QED) is 0.636. The van der Waals surface area contributed by atoms with Gasteiger partial charge < -0.3 is 10.8 Å². The summed E-state index contributed by atoms with van der Waals surface area (Å²) >= 11 is 0. The molecule has 1 fully saturated rings. The van der Waals surface area contributed by atoms with Crippen LogP contribution >= 0.6 is 12.4 Å². The van der Waals surface area contributed by atoms with Crippen molar-refractivity contribution in [1.82, 2.24) is 25.0 Å². The molecule has 1 aliphatic carbocycles. The molecule has 8 heteroatoms. The number of hydrogen-bond donors (Lipinski definition) is 3. The van der Waals surface area contributed by atoms with Gasteiger partial charge in [0.1, 0.15) is 5.82 Å². The van der Waals surface area contributed by atoms with Crippen molar-refractivity contribution >= 4 is 12.4 Å². The number of nitrogens with one attached hydrogen (secondary N) is 1. The molecule has 0 saturated heterocycles. The van der Waals surface area contributed by atoms with E-state index in [1.807, 2.05) is 29.8 Å². The maximum absolute atomic E-state index is 9.96. The van der Waals surface area contributed by atoms with Crippen molar-refractivity contribution in [3.05, 3.63) is 53.6 Å². The zero-order valence-electron chi connectivity index (χ0n) is 15.2. The van der Waals surface area contributed by atoms with Gasteiger partial charge >= 0.3 is 0 Å². The number of aromatic amines is 1. The summed E-state index contributed by atoms with van der Waals surface area (Å²) in [5.74, 6) is 1.82. The van der Waals surface area contributed by atoms with Gasteiger partial charge in [0.25, 0.3) is 0 Å². The lowest BCUT2D eigenvalue weighted by Gasteiger charge is -2.30. The summed E-state index contributed by atoms with van der Waals surface area (Å²) in [6.45, 7) is 2.63. The van der Waals surface area contributed by atoms with E-state index in [0.717, 1.165) is 29.9 Å². The Labute approximate surface area is 164 Å². The largest absolute Gasteiger partial charge is 0.392 e. The zero-order valence-corrected chi connectivity index (χ0v) is 16.1. The van der Waals surface area contributed by atoms with Crippen LogP contribution in [0.2, 0.25) is 0 Å². The van der Waals surface area contributed by atoms with E-state index in [0.29, 0.717) is 18.8 Å². The van der Waals surface area contributed by atoms with Gasteiger partial charge in [-0.05, 0) is 31.7 Å². The van der Waals surface area contributed by atoms with Crippen LogP contribution in [0.3, 0.4) is 0 Å². The van der Waals surface area contributed by atoms with Crippen LogP contribution in [0.15, 0.2) is 36.5 Å². The highest BCUT2D eigenvalue weighted by Gasteiger charge is 2.31. The molecular weight excluding hydrogens is 364 g/mol. The molecule has 2 heterocycles. The molecule has 4 N–H and O–H groups in total. The van der Waals surface area contributed by atoms with E-state index in [9.17, 15) is 5.11 Å². The summed E-state index contributed by atoms with van der Waals surface area (Å²) in [6.07, 6.45) is 3.62. The van der Waals surface area contributed by atoms with Crippen LogP contribution in [-0.4, -0.2) is 42.2 Å². The predicted octanol–water partition coefficient (Wildman–Crippen LogP) is 2.40. The Morgan fingerprint density at radius 1 is 1.26 bits per heavy atom. The molecular formula is C19H25ClN6O. The summed E-state index contributed by atoms with van der Waals surface area (Å²) in [4.78, 5) is 4.85. The van der Waals surface area contributed by atoms with E-state index in [-0.39, 0.29) is 24.4 Å². The van der Waals surface area contributed by atoms with Gasteiger partial charge in [0.15, 0.2) is 5.82 Å². The number of hydrogen-bond acceptors (Lipinski definition) is 5. The fraction of sp³-hybridized carbons (Fsp3) is 0.421. The molecule has 0 spiro atoms. The number of benzene rings is 1. The molecule has 2 aromatic heterocycles. The van der Waals surface area contributed by atoms with E-state index >= 15 is 0 Å². The lowest BCUT2D eigenvalue weighted by molar-refractivity contribution is 0.0985. The Morgan fingerprint density at radius 2 is 2.04 bits per heavy atom. The van der Waals surface area contributed by atoms with Gasteiger partial charge in [-0.2, -0.15) is 10.2 Å². The Kier molecular flexibility index (Phi) is 5.94. The number of nitrogens with two attached hydrogens (primary N) is 1. The zero-order chi connectivity index (χ0) is 18.1. The van der Waals surface area contributed by atoms with Crippen LogP contribution in [0.1, 0.15) is 42.3 Å². The molecule has 144 valence electrons.